The summed E-state index contributed by atoms with van der Waals surface area (Å²) in [4.78, 5) is 14.3. The average molecular weight is 275 g/mol. The second-order valence-electron chi connectivity index (χ2n) is 5.63. The molecule has 1 heterocycles. The normalized spacial score (nSPS) is 19.1. The van der Waals surface area contributed by atoms with Crippen molar-refractivity contribution in [1.29, 1.82) is 0 Å². The summed E-state index contributed by atoms with van der Waals surface area (Å²) in [6, 6.07) is 7.96. The summed E-state index contributed by atoms with van der Waals surface area (Å²) >= 11 is 0. The van der Waals surface area contributed by atoms with E-state index in [1.807, 2.05) is 17.0 Å². The highest BCUT2D eigenvalue weighted by Crippen LogP contribution is 2.20. The number of hydrogen-bond donors (Lipinski definition) is 1. The van der Waals surface area contributed by atoms with Crippen molar-refractivity contribution >= 4 is 5.91 Å². The lowest BCUT2D eigenvalue weighted by atomic mass is 10.0. The van der Waals surface area contributed by atoms with Crippen LogP contribution in [0.1, 0.15) is 54.9 Å². The van der Waals surface area contributed by atoms with Gasteiger partial charge >= 0.3 is 0 Å². The van der Waals surface area contributed by atoms with Crippen molar-refractivity contribution in [3.63, 3.8) is 0 Å². The Hall–Kier alpha value is -1.35. The molecule has 3 heteroatoms. The van der Waals surface area contributed by atoms with Gasteiger partial charge in [0.15, 0.2) is 0 Å². The molecule has 0 saturated carbocycles. The quantitative estimate of drug-likeness (QED) is 0.897. The van der Waals surface area contributed by atoms with E-state index in [-0.39, 0.29) is 18.6 Å². The zero-order chi connectivity index (χ0) is 14.4. The van der Waals surface area contributed by atoms with Gasteiger partial charge in [-0.15, -0.1) is 0 Å². The number of unbranched alkanes of at least 4 members (excludes halogenated alkanes) is 1. The summed E-state index contributed by atoms with van der Waals surface area (Å²) in [7, 11) is 0. The Morgan fingerprint density at radius 3 is 2.70 bits per heavy atom. The van der Waals surface area contributed by atoms with Crippen LogP contribution in [0.15, 0.2) is 24.3 Å². The first-order valence-corrected chi connectivity index (χ1v) is 7.77. The van der Waals surface area contributed by atoms with Crippen molar-refractivity contribution in [2.24, 2.45) is 0 Å². The van der Waals surface area contributed by atoms with E-state index in [4.69, 9.17) is 0 Å². The van der Waals surface area contributed by atoms with Gasteiger partial charge in [-0.1, -0.05) is 25.5 Å². The maximum absolute atomic E-state index is 12.5. The molecule has 1 unspecified atom stereocenters. The molecule has 2 rings (SSSR count). The highest BCUT2D eigenvalue weighted by atomic mass is 16.3. The van der Waals surface area contributed by atoms with Gasteiger partial charge in [0.05, 0.1) is 12.6 Å². The number of rotatable bonds is 5. The first kappa shape index (κ1) is 15.0. The van der Waals surface area contributed by atoms with Crippen molar-refractivity contribution < 1.29 is 9.90 Å². The van der Waals surface area contributed by atoms with Crippen LogP contribution in [0.25, 0.3) is 0 Å². The topological polar surface area (TPSA) is 40.5 Å². The lowest BCUT2D eigenvalue weighted by molar-refractivity contribution is 0.0503. The maximum Gasteiger partial charge on any atom is 0.254 e. The molecule has 1 atom stereocenters. The number of hydrogen-bond acceptors (Lipinski definition) is 2. The fourth-order valence-electron chi connectivity index (χ4n) is 2.82. The monoisotopic (exact) mass is 275 g/mol. The third-order valence-corrected chi connectivity index (χ3v) is 4.12. The van der Waals surface area contributed by atoms with Crippen LogP contribution < -0.4 is 0 Å². The largest absolute Gasteiger partial charge is 0.394 e. The molecular formula is C17H25NO2. The van der Waals surface area contributed by atoms with Crippen LogP contribution in [0.3, 0.4) is 0 Å². The average Bonchev–Trinajstić information content (AvgIpc) is 2.52. The molecule has 110 valence electrons. The van der Waals surface area contributed by atoms with E-state index in [9.17, 15) is 9.90 Å². The van der Waals surface area contributed by atoms with Crippen LogP contribution in [0.4, 0.5) is 0 Å². The Labute approximate surface area is 121 Å². The molecule has 1 fully saturated rings. The van der Waals surface area contributed by atoms with Crippen LogP contribution in [0.2, 0.25) is 0 Å². The lowest BCUT2D eigenvalue weighted by Gasteiger charge is -2.34. The molecule has 0 bridgehead atoms. The van der Waals surface area contributed by atoms with Crippen molar-refractivity contribution in [3.05, 3.63) is 35.4 Å². The fourth-order valence-corrected chi connectivity index (χ4v) is 2.82. The smallest absolute Gasteiger partial charge is 0.254 e. The number of aliphatic hydroxyl groups excluding tert-OH is 1. The van der Waals surface area contributed by atoms with Gasteiger partial charge in [-0.3, -0.25) is 4.79 Å². The molecule has 0 aromatic heterocycles. The maximum atomic E-state index is 12.5. The van der Waals surface area contributed by atoms with Gasteiger partial charge in [-0.2, -0.15) is 0 Å². The first-order chi connectivity index (χ1) is 9.76. The minimum absolute atomic E-state index is 0.00369. The third-order valence-electron chi connectivity index (χ3n) is 4.12. The predicted molar refractivity (Wildman–Crippen MR) is 80.8 cm³/mol. The Balaban J connectivity index is 2.04. The molecule has 1 N–H and O–H groups in total. The zero-order valence-corrected chi connectivity index (χ0v) is 12.3. The van der Waals surface area contributed by atoms with Crippen LogP contribution in [-0.2, 0) is 6.42 Å². The van der Waals surface area contributed by atoms with Crippen LogP contribution >= 0.6 is 0 Å². The number of nitrogens with zero attached hydrogens (tertiary/aromatic N) is 1. The van der Waals surface area contributed by atoms with Gasteiger partial charge in [-0.25, -0.2) is 0 Å². The van der Waals surface area contributed by atoms with E-state index in [0.29, 0.717) is 0 Å². The van der Waals surface area contributed by atoms with Gasteiger partial charge in [-0.05, 0) is 49.8 Å². The van der Waals surface area contributed by atoms with Gasteiger partial charge in [0.1, 0.15) is 0 Å². The van der Waals surface area contributed by atoms with E-state index in [2.05, 4.69) is 19.1 Å². The van der Waals surface area contributed by atoms with Crippen LogP contribution in [0, 0.1) is 0 Å². The minimum Gasteiger partial charge on any atom is -0.394 e. The van der Waals surface area contributed by atoms with Crippen molar-refractivity contribution in [2.75, 3.05) is 13.2 Å². The number of likely N-dealkylation sites (tertiary alicyclic amines) is 1. The van der Waals surface area contributed by atoms with Crippen LogP contribution in [-0.4, -0.2) is 35.1 Å². The second-order valence-corrected chi connectivity index (χ2v) is 5.63. The zero-order valence-electron chi connectivity index (χ0n) is 12.3. The van der Waals surface area contributed by atoms with Gasteiger partial charge in [0.25, 0.3) is 5.91 Å². The summed E-state index contributed by atoms with van der Waals surface area (Å²) < 4.78 is 0. The van der Waals surface area contributed by atoms with Gasteiger partial charge in [0.2, 0.25) is 0 Å². The number of carbonyl (C=O) groups excluding carboxylic acids is 1. The van der Waals surface area contributed by atoms with E-state index in [1.54, 1.807) is 0 Å². The Kier molecular flexibility index (Phi) is 5.60. The Morgan fingerprint density at radius 2 is 2.05 bits per heavy atom. The molecule has 1 saturated heterocycles. The fraction of sp³-hybridized carbons (Fsp3) is 0.588. The molecule has 20 heavy (non-hydrogen) atoms. The molecular weight excluding hydrogens is 250 g/mol. The number of piperidine rings is 1. The summed E-state index contributed by atoms with van der Waals surface area (Å²) in [6.45, 7) is 3.02. The number of aryl methyl sites for hydroxylation is 1. The number of aliphatic hydroxyl groups is 1. The summed E-state index contributed by atoms with van der Waals surface area (Å²) in [5.41, 5.74) is 2.03. The van der Waals surface area contributed by atoms with Crippen molar-refractivity contribution in [3.8, 4) is 0 Å². The van der Waals surface area contributed by atoms with Crippen molar-refractivity contribution in [2.45, 2.75) is 51.5 Å². The number of amides is 1. The molecule has 1 aliphatic heterocycles. The van der Waals surface area contributed by atoms with E-state index in [1.165, 1.54) is 18.4 Å². The predicted octanol–water partition coefficient (Wildman–Crippen LogP) is 3.02. The number of carbonyl (C=O) groups is 1. The molecule has 1 amide bonds. The lowest BCUT2D eigenvalue weighted by Crippen LogP contribution is -2.45. The first-order valence-electron chi connectivity index (χ1n) is 7.77. The minimum atomic E-state index is -0.00369. The summed E-state index contributed by atoms with van der Waals surface area (Å²) in [5.74, 6) is 0.0609. The standard InChI is InChI=1S/C17H25NO2/c1-2-3-6-14-8-10-15(11-9-14)17(20)18-12-5-4-7-16(18)13-19/h8-11,16,19H,2-7,12-13H2,1H3. The molecule has 0 aliphatic carbocycles. The van der Waals surface area contributed by atoms with Gasteiger partial charge < -0.3 is 10.0 Å². The second kappa shape index (κ2) is 7.44. The Morgan fingerprint density at radius 1 is 1.30 bits per heavy atom. The van der Waals surface area contributed by atoms with E-state index in [0.717, 1.165) is 37.8 Å². The van der Waals surface area contributed by atoms with Gasteiger partial charge in [0, 0.05) is 12.1 Å². The van der Waals surface area contributed by atoms with Crippen LogP contribution in [0.5, 0.6) is 0 Å². The molecule has 0 radical (unpaired) electrons. The van der Waals surface area contributed by atoms with E-state index >= 15 is 0 Å². The molecule has 1 aromatic rings. The summed E-state index contributed by atoms with van der Waals surface area (Å²) in [5, 5.41) is 9.40. The molecule has 0 spiro atoms. The summed E-state index contributed by atoms with van der Waals surface area (Å²) in [6.07, 6.45) is 6.51. The third kappa shape index (κ3) is 3.60. The molecule has 3 nitrogen and oxygen atoms in total. The van der Waals surface area contributed by atoms with Crippen molar-refractivity contribution in [1.82, 2.24) is 4.90 Å². The SMILES string of the molecule is CCCCc1ccc(C(=O)N2CCCCC2CO)cc1. The Bertz CT molecular complexity index is 427. The van der Waals surface area contributed by atoms with E-state index < -0.39 is 0 Å². The molecule has 1 aliphatic rings. The number of benzene rings is 1. The molecule has 1 aromatic carbocycles. The highest BCUT2D eigenvalue weighted by molar-refractivity contribution is 5.94. The highest BCUT2D eigenvalue weighted by Gasteiger charge is 2.26.